The molecule has 1 aromatic carbocycles. The molecule has 0 aliphatic heterocycles. The zero-order chi connectivity index (χ0) is 20.0. The van der Waals surface area contributed by atoms with Crippen molar-refractivity contribution in [3.8, 4) is 0 Å². The van der Waals surface area contributed by atoms with Gasteiger partial charge < -0.3 is 14.5 Å². The lowest BCUT2D eigenvalue weighted by molar-refractivity contribution is 0.0474. The Hall–Kier alpha value is -2.02. The second kappa shape index (κ2) is 9.26. The Morgan fingerprint density at radius 3 is 2.70 bits per heavy atom. The van der Waals surface area contributed by atoms with Gasteiger partial charge >= 0.3 is 6.09 Å². The summed E-state index contributed by atoms with van der Waals surface area (Å²) in [7, 11) is 0. The van der Waals surface area contributed by atoms with Crippen LogP contribution < -0.4 is 5.32 Å². The van der Waals surface area contributed by atoms with E-state index in [4.69, 9.17) is 9.15 Å². The lowest BCUT2D eigenvalue weighted by atomic mass is 9.99. The number of carbonyl (C=O) groups is 1. The van der Waals surface area contributed by atoms with Gasteiger partial charge in [0.25, 0.3) is 5.22 Å². The van der Waals surface area contributed by atoms with Gasteiger partial charge in [0, 0.05) is 5.75 Å². The highest BCUT2D eigenvalue weighted by Gasteiger charge is 2.28. The number of aryl methyl sites for hydroxylation is 1. The summed E-state index contributed by atoms with van der Waals surface area (Å²) in [5.41, 5.74) is 1.86. The van der Waals surface area contributed by atoms with Crippen LogP contribution in [0.4, 0.5) is 4.79 Å². The van der Waals surface area contributed by atoms with Crippen molar-refractivity contribution in [1.29, 1.82) is 0 Å². The highest BCUT2D eigenvalue weighted by Crippen LogP contribution is 2.28. The predicted octanol–water partition coefficient (Wildman–Crippen LogP) is 5.28. The molecule has 0 fully saturated rings. The summed E-state index contributed by atoms with van der Waals surface area (Å²) in [4.78, 5) is 12.2. The molecule has 0 saturated carbocycles. The van der Waals surface area contributed by atoms with Gasteiger partial charge in [-0.2, -0.15) is 0 Å². The van der Waals surface area contributed by atoms with E-state index in [1.54, 1.807) is 0 Å². The van der Waals surface area contributed by atoms with Gasteiger partial charge in [-0.25, -0.2) is 4.79 Å². The fraction of sp³-hybridized carbons (Fsp3) is 0.550. The number of thioether (sulfide) groups is 1. The van der Waals surface area contributed by atoms with E-state index in [1.807, 2.05) is 33.8 Å². The first kappa shape index (κ1) is 21.3. The fourth-order valence-corrected chi connectivity index (χ4v) is 3.18. The Kier molecular flexibility index (Phi) is 7.30. The highest BCUT2D eigenvalue weighted by molar-refractivity contribution is 7.98. The zero-order valence-electron chi connectivity index (χ0n) is 16.9. The number of hydrogen-bond donors (Lipinski definition) is 1. The minimum atomic E-state index is -0.562. The number of aromatic nitrogens is 2. The molecule has 1 N–H and O–H groups in total. The monoisotopic (exact) mass is 391 g/mol. The standard InChI is InChI=1S/C20H29N3O3S/c1-7-14(3)16(21-18(24)26-20(4,5)6)17-22-23-19(25-17)27-12-15-10-8-9-13(2)11-15/h8-11,14,16H,7,12H2,1-6H3,(H,21,24)/t14?,16-/m0/s1. The molecule has 2 rings (SSSR count). The van der Waals surface area contributed by atoms with Crippen LogP contribution in [0.25, 0.3) is 0 Å². The molecule has 0 bridgehead atoms. The number of nitrogens with zero attached hydrogens (tertiary/aromatic N) is 2. The van der Waals surface area contributed by atoms with Crippen molar-refractivity contribution >= 4 is 17.9 Å². The Bertz CT molecular complexity index is 755. The smallest absolute Gasteiger partial charge is 0.408 e. The van der Waals surface area contributed by atoms with Crippen LogP contribution in [-0.2, 0) is 10.5 Å². The number of benzene rings is 1. The van der Waals surface area contributed by atoms with E-state index < -0.39 is 11.7 Å². The zero-order valence-corrected chi connectivity index (χ0v) is 17.7. The molecule has 1 amide bonds. The number of amides is 1. The van der Waals surface area contributed by atoms with Crippen molar-refractivity contribution in [3.05, 3.63) is 41.3 Å². The van der Waals surface area contributed by atoms with Crippen LogP contribution >= 0.6 is 11.8 Å². The summed E-state index contributed by atoms with van der Waals surface area (Å²) in [6.45, 7) is 11.6. The summed E-state index contributed by atoms with van der Waals surface area (Å²) in [5, 5.41) is 11.6. The fourth-order valence-electron chi connectivity index (χ4n) is 2.47. The summed E-state index contributed by atoms with van der Waals surface area (Å²) in [6.07, 6.45) is 0.370. The average molecular weight is 392 g/mol. The minimum absolute atomic E-state index is 0.132. The first-order chi connectivity index (χ1) is 12.7. The maximum absolute atomic E-state index is 12.2. The first-order valence-electron chi connectivity index (χ1n) is 9.19. The maximum Gasteiger partial charge on any atom is 0.408 e. The van der Waals surface area contributed by atoms with Crippen molar-refractivity contribution in [1.82, 2.24) is 15.5 Å². The quantitative estimate of drug-likeness (QED) is 0.647. The molecular weight excluding hydrogens is 362 g/mol. The number of rotatable bonds is 7. The van der Waals surface area contributed by atoms with E-state index in [2.05, 4.69) is 47.6 Å². The summed E-state index contributed by atoms with van der Waals surface area (Å²) in [6, 6.07) is 7.93. The maximum atomic E-state index is 12.2. The molecular formula is C20H29N3O3S. The van der Waals surface area contributed by atoms with Crippen LogP contribution in [0.3, 0.4) is 0 Å². The first-order valence-corrected chi connectivity index (χ1v) is 10.2. The van der Waals surface area contributed by atoms with Crippen LogP contribution in [0.2, 0.25) is 0 Å². The van der Waals surface area contributed by atoms with E-state index in [0.717, 1.165) is 12.2 Å². The van der Waals surface area contributed by atoms with Crippen LogP contribution in [0.1, 0.15) is 64.1 Å². The Balaban J connectivity index is 2.05. The van der Waals surface area contributed by atoms with E-state index in [1.165, 1.54) is 22.9 Å². The Morgan fingerprint density at radius 1 is 1.33 bits per heavy atom. The summed E-state index contributed by atoms with van der Waals surface area (Å²) < 4.78 is 11.2. The van der Waals surface area contributed by atoms with Gasteiger partial charge in [-0.3, -0.25) is 0 Å². The molecule has 27 heavy (non-hydrogen) atoms. The van der Waals surface area contributed by atoms with Crippen molar-refractivity contribution in [2.45, 2.75) is 70.6 Å². The van der Waals surface area contributed by atoms with Gasteiger partial charge in [0.2, 0.25) is 5.89 Å². The molecule has 1 unspecified atom stereocenters. The molecule has 0 radical (unpaired) electrons. The largest absolute Gasteiger partial charge is 0.444 e. The number of alkyl carbamates (subject to hydrolysis) is 1. The van der Waals surface area contributed by atoms with Crippen molar-refractivity contribution < 1.29 is 13.9 Å². The van der Waals surface area contributed by atoms with Gasteiger partial charge in [-0.05, 0) is 39.2 Å². The Labute approximate surface area is 165 Å². The van der Waals surface area contributed by atoms with Gasteiger partial charge in [0.1, 0.15) is 11.6 Å². The van der Waals surface area contributed by atoms with Crippen LogP contribution in [-0.4, -0.2) is 21.9 Å². The molecule has 2 aromatic rings. The van der Waals surface area contributed by atoms with Gasteiger partial charge in [0.05, 0.1) is 0 Å². The number of carbonyl (C=O) groups excluding carboxylic acids is 1. The molecule has 1 aromatic heterocycles. The summed E-state index contributed by atoms with van der Waals surface area (Å²) >= 11 is 1.48. The van der Waals surface area contributed by atoms with Gasteiger partial charge in [-0.1, -0.05) is 61.9 Å². The second-order valence-corrected chi connectivity index (χ2v) is 8.62. The molecule has 7 heteroatoms. The normalized spacial score (nSPS) is 13.9. The number of nitrogens with one attached hydrogen (secondary N) is 1. The molecule has 2 atom stereocenters. The van der Waals surface area contributed by atoms with Crippen LogP contribution in [0, 0.1) is 12.8 Å². The third-order valence-electron chi connectivity index (χ3n) is 4.02. The topological polar surface area (TPSA) is 77.2 Å². The molecule has 1 heterocycles. The highest BCUT2D eigenvalue weighted by atomic mass is 32.2. The van der Waals surface area contributed by atoms with E-state index in [0.29, 0.717) is 11.1 Å². The average Bonchev–Trinajstić information content (AvgIpc) is 3.04. The molecule has 148 valence electrons. The molecule has 0 aliphatic rings. The van der Waals surface area contributed by atoms with Gasteiger partial charge in [-0.15, -0.1) is 10.2 Å². The lowest BCUT2D eigenvalue weighted by Crippen LogP contribution is -2.37. The van der Waals surface area contributed by atoms with Crippen molar-refractivity contribution in [2.24, 2.45) is 5.92 Å². The molecule has 0 spiro atoms. The van der Waals surface area contributed by atoms with Crippen molar-refractivity contribution in [3.63, 3.8) is 0 Å². The van der Waals surface area contributed by atoms with Gasteiger partial charge in [0.15, 0.2) is 0 Å². The van der Waals surface area contributed by atoms with Crippen LogP contribution in [0.5, 0.6) is 0 Å². The van der Waals surface area contributed by atoms with E-state index in [9.17, 15) is 4.79 Å². The molecule has 0 aliphatic carbocycles. The van der Waals surface area contributed by atoms with Crippen molar-refractivity contribution in [2.75, 3.05) is 0 Å². The number of hydrogen-bond acceptors (Lipinski definition) is 6. The summed E-state index contributed by atoms with van der Waals surface area (Å²) in [5.74, 6) is 1.28. The molecule has 6 nitrogen and oxygen atoms in total. The molecule has 0 saturated heterocycles. The second-order valence-electron chi connectivity index (χ2n) is 7.69. The number of ether oxygens (including phenoxy) is 1. The third-order valence-corrected chi connectivity index (χ3v) is 4.91. The predicted molar refractivity (Wildman–Crippen MR) is 107 cm³/mol. The van der Waals surface area contributed by atoms with E-state index >= 15 is 0 Å². The Morgan fingerprint density at radius 2 is 2.07 bits per heavy atom. The van der Waals surface area contributed by atoms with E-state index in [-0.39, 0.29) is 12.0 Å². The van der Waals surface area contributed by atoms with Crippen LogP contribution in [0.15, 0.2) is 33.9 Å². The third kappa shape index (κ3) is 6.90. The minimum Gasteiger partial charge on any atom is -0.444 e. The lowest BCUT2D eigenvalue weighted by Gasteiger charge is -2.24. The SMILES string of the molecule is CCC(C)[C@H](NC(=O)OC(C)(C)C)c1nnc(SCc2cccc(C)c2)o1.